The molecule has 1 heterocycles. The van der Waals surface area contributed by atoms with Gasteiger partial charge < -0.3 is 20.7 Å². The maximum atomic E-state index is 13.1. The number of phenolic OH excluding ortho intramolecular Hbond substituents is 1. The molecule has 0 aliphatic carbocycles. The molecule has 0 fully saturated rings. The summed E-state index contributed by atoms with van der Waals surface area (Å²) in [7, 11) is 0. The van der Waals surface area contributed by atoms with Gasteiger partial charge in [-0.25, -0.2) is 0 Å². The van der Waals surface area contributed by atoms with Crippen molar-refractivity contribution in [1.29, 1.82) is 0 Å². The molecule has 0 spiro atoms. The van der Waals surface area contributed by atoms with Crippen LogP contribution in [-0.2, 0) is 11.2 Å². The average molecular weight is 434 g/mol. The van der Waals surface area contributed by atoms with E-state index in [0.717, 1.165) is 16.5 Å². The average Bonchev–Trinajstić information content (AvgIpc) is 3.16. The molecule has 7 heteroatoms. The quantitative estimate of drug-likeness (QED) is 0.360. The molecule has 31 heavy (non-hydrogen) atoms. The number of halogens is 1. The zero-order chi connectivity index (χ0) is 21.8. The number of rotatable bonds is 6. The van der Waals surface area contributed by atoms with Gasteiger partial charge in [0, 0.05) is 35.3 Å². The molecule has 4 N–H and O–H groups in total. The van der Waals surface area contributed by atoms with Crippen LogP contribution in [0.5, 0.6) is 5.75 Å². The number of hydrogen-bond donors (Lipinski definition) is 4. The highest BCUT2D eigenvalue weighted by atomic mass is 35.5. The third-order valence-electron chi connectivity index (χ3n) is 4.95. The lowest BCUT2D eigenvalue weighted by Crippen LogP contribution is -2.45. The Morgan fingerprint density at radius 2 is 1.77 bits per heavy atom. The van der Waals surface area contributed by atoms with Gasteiger partial charge in [0.15, 0.2) is 0 Å². The number of benzene rings is 3. The fourth-order valence-corrected chi connectivity index (χ4v) is 3.65. The highest BCUT2D eigenvalue weighted by Crippen LogP contribution is 2.21. The molecular formula is C24H20ClN3O3. The van der Waals surface area contributed by atoms with Crippen molar-refractivity contribution < 1.29 is 14.7 Å². The van der Waals surface area contributed by atoms with Crippen LogP contribution in [0.2, 0.25) is 5.02 Å². The van der Waals surface area contributed by atoms with Crippen molar-refractivity contribution in [2.45, 2.75) is 12.5 Å². The molecule has 0 bridgehead atoms. The number of aromatic amines is 1. The van der Waals surface area contributed by atoms with Gasteiger partial charge in [0.1, 0.15) is 11.8 Å². The number of para-hydroxylation sites is 1. The molecule has 1 aromatic heterocycles. The topological polar surface area (TPSA) is 94.2 Å². The molecule has 6 nitrogen and oxygen atoms in total. The fourth-order valence-electron chi connectivity index (χ4n) is 3.42. The van der Waals surface area contributed by atoms with E-state index in [9.17, 15) is 14.7 Å². The van der Waals surface area contributed by atoms with Crippen molar-refractivity contribution in [3.05, 3.63) is 95.1 Å². The third-order valence-corrected chi connectivity index (χ3v) is 5.28. The van der Waals surface area contributed by atoms with E-state index < -0.39 is 17.9 Å². The highest BCUT2D eigenvalue weighted by molar-refractivity contribution is 6.33. The van der Waals surface area contributed by atoms with Gasteiger partial charge in [-0.1, -0.05) is 48.0 Å². The summed E-state index contributed by atoms with van der Waals surface area (Å²) in [6.07, 6.45) is 2.10. The number of hydrogen-bond acceptors (Lipinski definition) is 3. The first-order valence-electron chi connectivity index (χ1n) is 9.71. The Hall–Kier alpha value is -3.77. The molecule has 0 saturated heterocycles. The van der Waals surface area contributed by atoms with E-state index >= 15 is 0 Å². The van der Waals surface area contributed by atoms with E-state index in [2.05, 4.69) is 15.6 Å². The monoisotopic (exact) mass is 433 g/mol. The Bertz CT molecular complexity index is 1250. The van der Waals surface area contributed by atoms with Gasteiger partial charge in [-0.3, -0.25) is 9.59 Å². The lowest BCUT2D eigenvalue weighted by Gasteiger charge is -2.19. The van der Waals surface area contributed by atoms with Gasteiger partial charge in [0.2, 0.25) is 5.91 Å². The Labute approximate surface area is 183 Å². The van der Waals surface area contributed by atoms with Crippen LogP contribution in [0, 0.1) is 0 Å². The van der Waals surface area contributed by atoms with Crippen molar-refractivity contribution >= 4 is 40.0 Å². The largest absolute Gasteiger partial charge is 0.508 e. The van der Waals surface area contributed by atoms with Crippen LogP contribution in [-0.4, -0.2) is 27.9 Å². The van der Waals surface area contributed by atoms with Gasteiger partial charge >= 0.3 is 0 Å². The van der Waals surface area contributed by atoms with Crippen molar-refractivity contribution in [2.75, 3.05) is 5.32 Å². The number of carbonyl (C=O) groups excluding carboxylic acids is 2. The SMILES string of the molecule is O=C(NC(Cc1c[nH]c2ccccc12)C(=O)Nc1cccc(O)c1)c1ccccc1Cl. The normalized spacial score (nSPS) is 11.8. The Balaban J connectivity index is 1.61. The first-order valence-corrected chi connectivity index (χ1v) is 10.1. The molecule has 1 atom stereocenters. The number of nitrogens with one attached hydrogen (secondary N) is 3. The first kappa shape index (κ1) is 20.5. The zero-order valence-electron chi connectivity index (χ0n) is 16.4. The summed E-state index contributed by atoms with van der Waals surface area (Å²) >= 11 is 6.16. The van der Waals surface area contributed by atoms with Crippen LogP contribution in [0.15, 0.2) is 79.0 Å². The van der Waals surface area contributed by atoms with Crippen LogP contribution < -0.4 is 10.6 Å². The lowest BCUT2D eigenvalue weighted by atomic mass is 10.0. The summed E-state index contributed by atoms with van der Waals surface area (Å²) in [6.45, 7) is 0. The summed E-state index contributed by atoms with van der Waals surface area (Å²) in [4.78, 5) is 29.1. The second-order valence-electron chi connectivity index (χ2n) is 7.11. The summed E-state index contributed by atoms with van der Waals surface area (Å²) in [5, 5.41) is 16.5. The van der Waals surface area contributed by atoms with Gasteiger partial charge in [-0.05, 0) is 35.9 Å². The summed E-state index contributed by atoms with van der Waals surface area (Å²) in [6, 6.07) is 19.8. The van der Waals surface area contributed by atoms with E-state index in [1.165, 1.54) is 12.1 Å². The minimum Gasteiger partial charge on any atom is -0.508 e. The van der Waals surface area contributed by atoms with Gasteiger partial charge in [0.05, 0.1) is 10.6 Å². The maximum absolute atomic E-state index is 13.1. The van der Waals surface area contributed by atoms with Crippen molar-refractivity contribution in [3.63, 3.8) is 0 Å². The predicted octanol–water partition coefficient (Wildman–Crippen LogP) is 4.51. The predicted molar refractivity (Wildman–Crippen MR) is 121 cm³/mol. The second kappa shape index (κ2) is 8.93. The van der Waals surface area contributed by atoms with Gasteiger partial charge in [-0.15, -0.1) is 0 Å². The molecule has 3 aromatic carbocycles. The van der Waals surface area contributed by atoms with Crippen LogP contribution >= 0.6 is 11.6 Å². The number of carbonyl (C=O) groups is 2. The van der Waals surface area contributed by atoms with Crippen LogP contribution in [0.4, 0.5) is 5.69 Å². The molecule has 0 aliphatic heterocycles. The number of amides is 2. The zero-order valence-corrected chi connectivity index (χ0v) is 17.2. The molecule has 4 rings (SSSR count). The summed E-state index contributed by atoms with van der Waals surface area (Å²) in [5.41, 5.74) is 2.56. The molecule has 156 valence electrons. The molecule has 0 radical (unpaired) electrons. The van der Waals surface area contributed by atoms with Crippen molar-refractivity contribution in [1.82, 2.24) is 10.3 Å². The van der Waals surface area contributed by atoms with Gasteiger partial charge in [-0.2, -0.15) is 0 Å². The smallest absolute Gasteiger partial charge is 0.253 e. The molecule has 1 unspecified atom stereocenters. The number of fused-ring (bicyclic) bond motifs is 1. The molecular weight excluding hydrogens is 414 g/mol. The number of aromatic nitrogens is 1. The third kappa shape index (κ3) is 4.70. The Morgan fingerprint density at radius 3 is 2.58 bits per heavy atom. The minimum absolute atomic E-state index is 0.0334. The summed E-state index contributed by atoms with van der Waals surface area (Å²) < 4.78 is 0. The first-order chi connectivity index (χ1) is 15.0. The Kier molecular flexibility index (Phi) is 5.91. The van der Waals surface area contributed by atoms with E-state index in [1.54, 1.807) is 36.4 Å². The van der Waals surface area contributed by atoms with Crippen molar-refractivity contribution in [3.8, 4) is 5.75 Å². The number of phenols is 1. The molecule has 4 aromatic rings. The van der Waals surface area contributed by atoms with E-state index in [-0.39, 0.29) is 12.2 Å². The second-order valence-corrected chi connectivity index (χ2v) is 7.52. The number of aromatic hydroxyl groups is 1. The van der Waals surface area contributed by atoms with Crippen LogP contribution in [0.25, 0.3) is 10.9 Å². The number of H-pyrrole nitrogens is 1. The maximum Gasteiger partial charge on any atom is 0.253 e. The summed E-state index contributed by atoms with van der Waals surface area (Å²) in [5.74, 6) is -0.816. The number of anilines is 1. The highest BCUT2D eigenvalue weighted by Gasteiger charge is 2.24. The Morgan fingerprint density at radius 1 is 1.00 bits per heavy atom. The fraction of sp³-hybridized carbons (Fsp3) is 0.0833. The minimum atomic E-state index is -0.870. The molecule has 0 saturated carbocycles. The molecule has 2 amide bonds. The van der Waals surface area contributed by atoms with Crippen LogP contribution in [0.1, 0.15) is 15.9 Å². The molecule has 0 aliphatic rings. The van der Waals surface area contributed by atoms with E-state index in [4.69, 9.17) is 11.6 Å². The van der Waals surface area contributed by atoms with E-state index in [0.29, 0.717) is 16.3 Å². The van der Waals surface area contributed by atoms with Crippen LogP contribution in [0.3, 0.4) is 0 Å². The van der Waals surface area contributed by atoms with E-state index in [1.807, 2.05) is 30.5 Å². The van der Waals surface area contributed by atoms with Crippen molar-refractivity contribution in [2.24, 2.45) is 0 Å². The standard InChI is InChI=1S/C24H20ClN3O3/c25-20-10-3-1-9-19(20)23(30)28-22(24(31)27-16-6-5-7-17(29)13-16)12-15-14-26-21-11-4-2-8-18(15)21/h1-11,13-14,22,26,29H,12H2,(H,27,31)(H,28,30). The lowest BCUT2D eigenvalue weighted by molar-refractivity contribution is -0.118. The van der Waals surface area contributed by atoms with Gasteiger partial charge in [0.25, 0.3) is 5.91 Å².